The predicted molar refractivity (Wildman–Crippen MR) is 65.7 cm³/mol. The largest absolute Gasteiger partial charge is 0.507 e. The zero-order chi connectivity index (χ0) is 13.3. The van der Waals surface area contributed by atoms with Crippen LogP contribution in [0.15, 0.2) is 24.3 Å². The molecule has 0 bridgehead atoms. The fraction of sp³-hybridized carbons (Fsp3) is 0.154. The molecule has 0 heterocycles. The molecule has 2 rings (SSSR count). The van der Waals surface area contributed by atoms with E-state index >= 15 is 0 Å². The number of ether oxygens (including phenoxy) is 2. The number of carboxylic acids is 1. The highest BCUT2D eigenvalue weighted by Crippen LogP contribution is 2.36. The summed E-state index contributed by atoms with van der Waals surface area (Å²) in [7, 11) is 2.98. The number of aromatic hydroxyl groups is 1. The lowest BCUT2D eigenvalue weighted by Crippen LogP contribution is -1.96. The van der Waals surface area contributed by atoms with Gasteiger partial charge in [0.2, 0.25) is 0 Å². The quantitative estimate of drug-likeness (QED) is 0.871. The number of hydrogen-bond acceptors (Lipinski definition) is 4. The average molecular weight is 248 g/mol. The molecule has 0 aliphatic rings. The van der Waals surface area contributed by atoms with Crippen molar-refractivity contribution < 1.29 is 24.5 Å². The first-order chi connectivity index (χ1) is 8.56. The van der Waals surface area contributed by atoms with Crippen molar-refractivity contribution >= 4 is 16.7 Å². The Morgan fingerprint density at radius 3 is 2.22 bits per heavy atom. The highest BCUT2D eigenvalue weighted by molar-refractivity contribution is 5.98. The molecule has 0 saturated heterocycles. The number of carboxylic acid groups (broad SMARTS) is 1. The number of fused-ring (bicyclic) bond motifs is 1. The molecule has 2 aromatic rings. The van der Waals surface area contributed by atoms with E-state index in [4.69, 9.17) is 14.6 Å². The van der Waals surface area contributed by atoms with Crippen molar-refractivity contribution in [3.8, 4) is 17.2 Å². The van der Waals surface area contributed by atoms with Crippen molar-refractivity contribution in [3.05, 3.63) is 29.8 Å². The van der Waals surface area contributed by atoms with Crippen molar-refractivity contribution in [2.45, 2.75) is 0 Å². The van der Waals surface area contributed by atoms with Gasteiger partial charge in [-0.3, -0.25) is 0 Å². The Kier molecular flexibility index (Phi) is 2.97. The van der Waals surface area contributed by atoms with Gasteiger partial charge in [0.1, 0.15) is 5.75 Å². The van der Waals surface area contributed by atoms with Crippen LogP contribution in [0.25, 0.3) is 10.8 Å². The lowest BCUT2D eigenvalue weighted by Gasteiger charge is -2.10. The number of phenolic OH excluding ortho intramolecular Hbond substituents is 1. The third-order valence-electron chi connectivity index (χ3n) is 2.68. The number of benzene rings is 2. The lowest BCUT2D eigenvalue weighted by atomic mass is 10.0. The van der Waals surface area contributed by atoms with Gasteiger partial charge in [-0.15, -0.1) is 0 Å². The van der Waals surface area contributed by atoms with Crippen LogP contribution in [0, 0.1) is 0 Å². The van der Waals surface area contributed by atoms with Gasteiger partial charge < -0.3 is 19.7 Å². The van der Waals surface area contributed by atoms with Gasteiger partial charge in [0, 0.05) is 5.39 Å². The van der Waals surface area contributed by atoms with Crippen LogP contribution in [0.5, 0.6) is 17.2 Å². The van der Waals surface area contributed by atoms with Gasteiger partial charge in [0.25, 0.3) is 0 Å². The van der Waals surface area contributed by atoms with Crippen LogP contribution in [-0.4, -0.2) is 30.4 Å². The van der Waals surface area contributed by atoms with Crippen LogP contribution in [0.4, 0.5) is 0 Å². The maximum atomic E-state index is 10.9. The molecule has 0 saturated carbocycles. The van der Waals surface area contributed by atoms with Crippen LogP contribution in [0.2, 0.25) is 0 Å². The zero-order valence-corrected chi connectivity index (χ0v) is 9.93. The molecule has 0 unspecified atom stereocenters. The molecular weight excluding hydrogens is 236 g/mol. The van der Waals surface area contributed by atoms with Crippen LogP contribution in [-0.2, 0) is 0 Å². The summed E-state index contributed by atoms with van der Waals surface area (Å²) >= 11 is 0. The molecule has 5 heteroatoms. The summed E-state index contributed by atoms with van der Waals surface area (Å²) in [6.45, 7) is 0. The number of hydrogen-bond donors (Lipinski definition) is 2. The van der Waals surface area contributed by atoms with Crippen LogP contribution in [0.1, 0.15) is 10.4 Å². The minimum atomic E-state index is -1.10. The van der Waals surface area contributed by atoms with Gasteiger partial charge in [-0.05, 0) is 29.7 Å². The van der Waals surface area contributed by atoms with Crippen LogP contribution >= 0.6 is 0 Å². The Hall–Kier alpha value is -2.43. The van der Waals surface area contributed by atoms with Crippen molar-refractivity contribution in [2.24, 2.45) is 0 Å². The smallest absolute Gasteiger partial charge is 0.335 e. The van der Waals surface area contributed by atoms with E-state index in [1.165, 1.54) is 26.4 Å². The monoisotopic (exact) mass is 248 g/mol. The van der Waals surface area contributed by atoms with Crippen molar-refractivity contribution in [3.63, 3.8) is 0 Å². The lowest BCUT2D eigenvalue weighted by molar-refractivity contribution is 0.0696. The average Bonchev–Trinajstić information content (AvgIpc) is 2.36. The van der Waals surface area contributed by atoms with E-state index in [2.05, 4.69) is 0 Å². The molecular formula is C13H12O5. The summed E-state index contributed by atoms with van der Waals surface area (Å²) in [6, 6.07) is 5.91. The standard InChI is InChI=1S/C13H12O5/c1-17-11-5-7-3-8(13(15)16)4-10(14)9(7)6-12(11)18-2/h3-6,14H,1-2H3,(H,15,16). The highest BCUT2D eigenvalue weighted by atomic mass is 16.5. The molecule has 0 aliphatic carbocycles. The SMILES string of the molecule is COc1cc2cc(C(=O)O)cc(O)c2cc1OC. The number of methoxy groups -OCH3 is 2. The Morgan fingerprint density at radius 2 is 1.67 bits per heavy atom. The molecule has 2 N–H and O–H groups in total. The Morgan fingerprint density at radius 1 is 1.06 bits per heavy atom. The molecule has 18 heavy (non-hydrogen) atoms. The molecule has 0 aromatic heterocycles. The topological polar surface area (TPSA) is 76.0 Å². The summed E-state index contributed by atoms with van der Waals surface area (Å²) in [4.78, 5) is 10.9. The summed E-state index contributed by atoms with van der Waals surface area (Å²) < 4.78 is 10.3. The van der Waals surface area contributed by atoms with Crippen molar-refractivity contribution in [2.75, 3.05) is 14.2 Å². The van der Waals surface area contributed by atoms with Gasteiger partial charge in [-0.25, -0.2) is 4.79 Å². The van der Waals surface area contributed by atoms with E-state index in [9.17, 15) is 9.90 Å². The second-order valence-electron chi connectivity index (χ2n) is 3.73. The third-order valence-corrected chi connectivity index (χ3v) is 2.68. The third kappa shape index (κ3) is 1.90. The van der Waals surface area contributed by atoms with E-state index < -0.39 is 5.97 Å². The van der Waals surface area contributed by atoms with Crippen molar-refractivity contribution in [1.29, 1.82) is 0 Å². The molecule has 0 spiro atoms. The van der Waals surface area contributed by atoms with Crippen LogP contribution < -0.4 is 9.47 Å². The first kappa shape index (κ1) is 12.0. The molecule has 0 radical (unpaired) electrons. The molecule has 0 atom stereocenters. The fourth-order valence-corrected chi connectivity index (χ4v) is 1.79. The van der Waals surface area contributed by atoms with E-state index in [0.717, 1.165) is 0 Å². The Bertz CT molecular complexity index is 618. The van der Waals surface area contributed by atoms with Gasteiger partial charge in [-0.1, -0.05) is 0 Å². The minimum absolute atomic E-state index is 0.0206. The fourth-order valence-electron chi connectivity index (χ4n) is 1.79. The maximum absolute atomic E-state index is 10.9. The molecule has 0 amide bonds. The van der Waals surface area contributed by atoms with Gasteiger partial charge in [-0.2, -0.15) is 0 Å². The van der Waals surface area contributed by atoms with Gasteiger partial charge in [0.05, 0.1) is 19.8 Å². The van der Waals surface area contributed by atoms with Gasteiger partial charge in [0.15, 0.2) is 11.5 Å². The summed E-state index contributed by atoms with van der Waals surface area (Å²) in [5, 5.41) is 19.8. The van der Waals surface area contributed by atoms with E-state index in [0.29, 0.717) is 22.3 Å². The summed E-state index contributed by atoms with van der Waals surface area (Å²) in [5.74, 6) is -0.247. The summed E-state index contributed by atoms with van der Waals surface area (Å²) in [6.07, 6.45) is 0. The number of phenols is 1. The predicted octanol–water partition coefficient (Wildman–Crippen LogP) is 2.26. The number of rotatable bonds is 3. The molecule has 2 aromatic carbocycles. The van der Waals surface area contributed by atoms with E-state index in [1.807, 2.05) is 0 Å². The maximum Gasteiger partial charge on any atom is 0.335 e. The van der Waals surface area contributed by atoms with Crippen molar-refractivity contribution in [1.82, 2.24) is 0 Å². The van der Waals surface area contributed by atoms with E-state index in [-0.39, 0.29) is 11.3 Å². The Balaban J connectivity index is 2.76. The normalized spacial score (nSPS) is 10.3. The van der Waals surface area contributed by atoms with Gasteiger partial charge >= 0.3 is 5.97 Å². The number of aromatic carboxylic acids is 1. The zero-order valence-electron chi connectivity index (χ0n) is 9.93. The molecule has 94 valence electrons. The molecule has 5 nitrogen and oxygen atoms in total. The number of carbonyl (C=O) groups is 1. The second kappa shape index (κ2) is 4.44. The molecule has 0 fully saturated rings. The first-order valence-corrected chi connectivity index (χ1v) is 5.19. The van der Waals surface area contributed by atoms with E-state index in [1.54, 1.807) is 12.1 Å². The summed E-state index contributed by atoms with van der Waals surface area (Å²) in [5.41, 5.74) is 0.0206. The second-order valence-corrected chi connectivity index (χ2v) is 3.73. The minimum Gasteiger partial charge on any atom is -0.507 e. The van der Waals surface area contributed by atoms with Crippen LogP contribution in [0.3, 0.4) is 0 Å². The Labute approximate surface area is 103 Å². The first-order valence-electron chi connectivity index (χ1n) is 5.19. The highest BCUT2D eigenvalue weighted by Gasteiger charge is 2.12. The molecule has 0 aliphatic heterocycles.